The van der Waals surface area contributed by atoms with Gasteiger partial charge in [0, 0.05) is 50.4 Å². The highest BCUT2D eigenvalue weighted by atomic mass is 32.2. The lowest BCUT2D eigenvalue weighted by Crippen LogP contribution is -2.50. The molecular formula is C25H36N4O5S. The highest BCUT2D eigenvalue weighted by Gasteiger charge is 2.26. The van der Waals surface area contributed by atoms with E-state index < -0.39 is 16.7 Å². The number of hydrogen-bond donors (Lipinski definition) is 1. The monoisotopic (exact) mass is 504 g/mol. The first-order valence-corrected chi connectivity index (χ1v) is 13.2. The van der Waals surface area contributed by atoms with E-state index in [4.69, 9.17) is 9.29 Å². The first kappa shape index (κ1) is 27.0. The van der Waals surface area contributed by atoms with Crippen molar-refractivity contribution in [2.45, 2.75) is 59.1 Å². The van der Waals surface area contributed by atoms with Crippen molar-refractivity contribution >= 4 is 17.2 Å². The number of nitrogens with zero attached hydrogens (tertiary/aromatic N) is 4. The lowest BCUT2D eigenvalue weighted by Gasteiger charge is -2.35. The zero-order chi connectivity index (χ0) is 25.8. The van der Waals surface area contributed by atoms with Gasteiger partial charge in [-0.3, -0.25) is 9.69 Å². The summed E-state index contributed by atoms with van der Waals surface area (Å²) in [5, 5.41) is 4.60. The fourth-order valence-electron chi connectivity index (χ4n) is 3.89. The predicted molar refractivity (Wildman–Crippen MR) is 136 cm³/mol. The highest BCUT2D eigenvalue weighted by molar-refractivity contribution is 7.78. The summed E-state index contributed by atoms with van der Waals surface area (Å²) in [6, 6.07) is 9.16. The Balaban J connectivity index is 1.78. The quantitative estimate of drug-likeness (QED) is 0.577. The van der Waals surface area contributed by atoms with Gasteiger partial charge in [-0.25, -0.2) is 13.7 Å². The lowest BCUT2D eigenvalue weighted by molar-refractivity contribution is 0.0138. The van der Waals surface area contributed by atoms with Gasteiger partial charge in [-0.2, -0.15) is 5.10 Å². The van der Waals surface area contributed by atoms with Gasteiger partial charge in [0.15, 0.2) is 11.1 Å². The number of hydrogen-bond acceptors (Lipinski definition) is 6. The Hall–Kier alpha value is -2.56. The fraction of sp³-hybridized carbons (Fsp3) is 0.560. The van der Waals surface area contributed by atoms with Crippen molar-refractivity contribution in [1.29, 1.82) is 0 Å². The van der Waals surface area contributed by atoms with Gasteiger partial charge in [0.1, 0.15) is 5.60 Å². The third-order valence-corrected chi connectivity index (χ3v) is 6.12. The van der Waals surface area contributed by atoms with Crippen molar-refractivity contribution in [2.24, 2.45) is 5.92 Å². The van der Waals surface area contributed by atoms with Crippen molar-refractivity contribution in [2.75, 3.05) is 26.2 Å². The second-order valence-electron chi connectivity index (χ2n) is 10.3. The minimum absolute atomic E-state index is 0.0705. The maximum Gasteiger partial charge on any atom is 0.410 e. The summed E-state index contributed by atoms with van der Waals surface area (Å²) in [7, 11) is 0. The third kappa shape index (κ3) is 7.98. The number of piperazine rings is 1. The summed E-state index contributed by atoms with van der Waals surface area (Å²) in [6.45, 7) is 13.0. The highest BCUT2D eigenvalue weighted by Crippen LogP contribution is 2.20. The van der Waals surface area contributed by atoms with Crippen LogP contribution >= 0.6 is 0 Å². The Kier molecular flexibility index (Phi) is 8.84. The molecule has 1 saturated heterocycles. The van der Waals surface area contributed by atoms with E-state index in [0.717, 1.165) is 11.1 Å². The molecule has 2 aromatic rings. The summed E-state index contributed by atoms with van der Waals surface area (Å²) in [6.07, 6.45) is -0.309. The molecule has 0 bridgehead atoms. The van der Waals surface area contributed by atoms with Crippen molar-refractivity contribution in [3.63, 3.8) is 0 Å². The summed E-state index contributed by atoms with van der Waals surface area (Å²) in [4.78, 5) is 29.4. The Bertz CT molecular complexity index is 1100. The molecule has 1 atom stereocenters. The normalized spacial score (nSPS) is 15.9. The van der Waals surface area contributed by atoms with Crippen LogP contribution in [0.2, 0.25) is 0 Å². The van der Waals surface area contributed by atoms with Gasteiger partial charge in [-0.15, -0.1) is 0 Å². The van der Waals surface area contributed by atoms with E-state index in [1.165, 1.54) is 4.68 Å². The minimum Gasteiger partial charge on any atom is -0.444 e. The molecule has 10 heteroatoms. The van der Waals surface area contributed by atoms with E-state index in [2.05, 4.69) is 10.00 Å². The second-order valence-corrected chi connectivity index (χ2v) is 11.3. The zero-order valence-corrected chi connectivity index (χ0v) is 22.0. The molecule has 1 amide bonds. The number of carbonyl (C=O) groups is 1. The smallest absolute Gasteiger partial charge is 0.410 e. The van der Waals surface area contributed by atoms with Gasteiger partial charge in [-0.05, 0) is 38.3 Å². The average molecular weight is 505 g/mol. The zero-order valence-electron chi connectivity index (χ0n) is 21.2. The van der Waals surface area contributed by atoms with Gasteiger partial charge < -0.3 is 14.2 Å². The van der Waals surface area contributed by atoms with Crippen LogP contribution in [0, 0.1) is 5.92 Å². The van der Waals surface area contributed by atoms with Gasteiger partial charge >= 0.3 is 6.09 Å². The Morgan fingerprint density at radius 1 is 1.14 bits per heavy atom. The predicted octanol–water partition coefficient (Wildman–Crippen LogP) is 3.34. The number of amides is 1. The van der Waals surface area contributed by atoms with E-state index >= 15 is 0 Å². The van der Waals surface area contributed by atoms with Crippen LogP contribution in [0.4, 0.5) is 4.79 Å². The lowest BCUT2D eigenvalue weighted by atomic mass is 10.1. The molecular weight excluding hydrogens is 468 g/mol. The van der Waals surface area contributed by atoms with Gasteiger partial charge in [0.25, 0.3) is 5.56 Å². The van der Waals surface area contributed by atoms with E-state index in [9.17, 15) is 13.8 Å². The second kappa shape index (κ2) is 11.5. The minimum atomic E-state index is -1.90. The molecule has 2 heterocycles. The molecule has 1 aromatic carbocycles. The maximum absolute atomic E-state index is 13.2. The number of benzene rings is 1. The van der Waals surface area contributed by atoms with Crippen LogP contribution < -0.4 is 5.56 Å². The van der Waals surface area contributed by atoms with Crippen LogP contribution in [-0.4, -0.2) is 66.2 Å². The van der Waals surface area contributed by atoms with Gasteiger partial charge in [-0.1, -0.05) is 38.1 Å². The van der Waals surface area contributed by atoms with Crippen molar-refractivity contribution < 1.29 is 18.3 Å². The van der Waals surface area contributed by atoms with Crippen LogP contribution in [0.15, 0.2) is 35.1 Å². The molecule has 1 fully saturated rings. The van der Waals surface area contributed by atoms with Crippen molar-refractivity contribution in [3.8, 4) is 11.3 Å². The Labute approximate surface area is 209 Å². The average Bonchev–Trinajstić information content (AvgIpc) is 2.75. The van der Waals surface area contributed by atoms with Crippen molar-refractivity contribution in [3.05, 3.63) is 51.8 Å². The topological polar surface area (TPSA) is 105 Å². The van der Waals surface area contributed by atoms with E-state index in [0.29, 0.717) is 50.5 Å². The van der Waals surface area contributed by atoms with Crippen LogP contribution in [0.1, 0.15) is 45.7 Å². The first-order valence-electron chi connectivity index (χ1n) is 11.9. The molecule has 3 rings (SSSR count). The largest absolute Gasteiger partial charge is 0.444 e. The molecule has 1 N–H and O–H groups in total. The van der Waals surface area contributed by atoms with Gasteiger partial charge in [0.05, 0.1) is 11.4 Å². The van der Waals surface area contributed by atoms with Crippen LogP contribution in [0.5, 0.6) is 0 Å². The molecule has 0 aliphatic carbocycles. The van der Waals surface area contributed by atoms with Crippen LogP contribution in [0.3, 0.4) is 0 Å². The summed E-state index contributed by atoms with van der Waals surface area (Å²) < 4.78 is 27.2. The van der Waals surface area contributed by atoms with Crippen LogP contribution in [0.25, 0.3) is 11.3 Å². The molecule has 9 nitrogen and oxygen atoms in total. The number of aromatic nitrogens is 2. The summed E-state index contributed by atoms with van der Waals surface area (Å²) in [5.41, 5.74) is 2.30. The van der Waals surface area contributed by atoms with Gasteiger partial charge in [0.2, 0.25) is 0 Å². The van der Waals surface area contributed by atoms with Crippen molar-refractivity contribution in [1.82, 2.24) is 19.6 Å². The number of rotatable bonds is 7. The molecule has 1 aromatic heterocycles. The summed E-state index contributed by atoms with van der Waals surface area (Å²) in [5.74, 6) is 0.323. The molecule has 35 heavy (non-hydrogen) atoms. The SMILES string of the molecule is CC(C)Cn1nc(-c2ccc(CS(=O)O)cc2)cc(CN2CCN(C(=O)OC(C)(C)C)CC2)c1=O. The maximum atomic E-state index is 13.2. The Morgan fingerprint density at radius 2 is 1.77 bits per heavy atom. The first-order chi connectivity index (χ1) is 16.4. The fourth-order valence-corrected chi connectivity index (χ4v) is 4.37. The number of ether oxygens (including phenoxy) is 1. The molecule has 0 saturated carbocycles. The standard InChI is InChI=1S/C25H36N4O5S/c1-18(2)15-29-23(30)21(14-22(26-29)20-8-6-19(7-9-20)17-35(32)33)16-27-10-12-28(13-11-27)24(31)34-25(3,4)5/h6-9,14,18H,10-13,15-17H2,1-5H3,(H,32,33). The summed E-state index contributed by atoms with van der Waals surface area (Å²) >= 11 is -1.90. The third-order valence-electron chi connectivity index (χ3n) is 5.54. The molecule has 1 aliphatic heterocycles. The van der Waals surface area contributed by atoms with E-state index in [1.807, 2.05) is 52.8 Å². The van der Waals surface area contributed by atoms with E-state index in [1.54, 1.807) is 17.0 Å². The van der Waals surface area contributed by atoms with Crippen LogP contribution in [-0.2, 0) is 34.7 Å². The Morgan fingerprint density at radius 3 is 2.31 bits per heavy atom. The molecule has 1 unspecified atom stereocenters. The number of carbonyl (C=O) groups excluding carboxylic acids is 1. The molecule has 192 valence electrons. The van der Waals surface area contributed by atoms with E-state index in [-0.39, 0.29) is 23.3 Å². The molecule has 0 radical (unpaired) electrons. The molecule has 1 aliphatic rings. The molecule has 0 spiro atoms.